The Bertz CT molecular complexity index is 391. The van der Waals surface area contributed by atoms with Crippen molar-refractivity contribution in [3.8, 4) is 5.75 Å². The fourth-order valence-corrected chi connectivity index (χ4v) is 2.04. The molecule has 88 valence electrons. The lowest BCUT2D eigenvalue weighted by Gasteiger charge is -2.09. The van der Waals surface area contributed by atoms with Crippen LogP contribution < -0.4 is 4.74 Å². The monoisotopic (exact) mass is 280 g/mol. The van der Waals surface area contributed by atoms with E-state index in [1.165, 1.54) is 7.11 Å². The number of rotatable bonds is 5. The van der Waals surface area contributed by atoms with Crippen molar-refractivity contribution in [3.05, 3.63) is 27.7 Å². The van der Waals surface area contributed by atoms with E-state index in [0.717, 1.165) is 0 Å². The number of alkyl halides is 1. The molecule has 0 aliphatic rings. The van der Waals surface area contributed by atoms with Crippen LogP contribution in [0, 0.1) is 0 Å². The van der Waals surface area contributed by atoms with Crippen LogP contribution in [0.2, 0.25) is 10.0 Å². The molecular weight excluding hydrogens is 270 g/mol. The van der Waals surface area contributed by atoms with Crippen molar-refractivity contribution in [2.75, 3.05) is 13.0 Å². The molecule has 1 aromatic carbocycles. The van der Waals surface area contributed by atoms with Crippen LogP contribution in [-0.2, 0) is 0 Å². The van der Waals surface area contributed by atoms with Gasteiger partial charge in [0, 0.05) is 17.3 Å². The second-order valence-corrected chi connectivity index (χ2v) is 4.41. The van der Waals surface area contributed by atoms with Crippen molar-refractivity contribution in [1.82, 2.24) is 0 Å². The van der Waals surface area contributed by atoms with E-state index in [0.29, 0.717) is 40.1 Å². The van der Waals surface area contributed by atoms with Crippen molar-refractivity contribution >= 4 is 40.6 Å². The Morgan fingerprint density at radius 3 is 2.62 bits per heavy atom. The molecule has 0 atom stereocenters. The average Bonchev–Trinajstić information content (AvgIpc) is 2.24. The highest BCUT2D eigenvalue weighted by Gasteiger charge is 2.16. The molecule has 2 nitrogen and oxygen atoms in total. The highest BCUT2D eigenvalue weighted by molar-refractivity contribution is 6.36. The lowest BCUT2D eigenvalue weighted by molar-refractivity contribution is 0.0979. The average molecular weight is 282 g/mol. The second-order valence-electron chi connectivity index (χ2n) is 3.18. The SMILES string of the molecule is COc1c(Cl)cc(Cl)cc1C(=O)CCCCl. The first-order valence-electron chi connectivity index (χ1n) is 4.72. The van der Waals surface area contributed by atoms with E-state index < -0.39 is 0 Å². The predicted molar refractivity (Wildman–Crippen MR) is 67.3 cm³/mol. The fourth-order valence-electron chi connectivity index (χ4n) is 1.34. The summed E-state index contributed by atoms with van der Waals surface area (Å²) in [6.07, 6.45) is 0.976. The van der Waals surface area contributed by atoms with Crippen LogP contribution in [-0.4, -0.2) is 18.8 Å². The minimum absolute atomic E-state index is 0.0677. The Kier molecular flexibility index (Phi) is 5.39. The first kappa shape index (κ1) is 13.6. The maximum atomic E-state index is 11.8. The molecule has 0 spiro atoms. The normalized spacial score (nSPS) is 10.2. The van der Waals surface area contributed by atoms with Gasteiger partial charge < -0.3 is 4.74 Å². The van der Waals surface area contributed by atoms with Gasteiger partial charge in [0.15, 0.2) is 5.78 Å². The van der Waals surface area contributed by atoms with Crippen molar-refractivity contribution < 1.29 is 9.53 Å². The Hall–Kier alpha value is -0.440. The Balaban J connectivity index is 3.05. The summed E-state index contributed by atoms with van der Waals surface area (Å²) < 4.78 is 5.09. The van der Waals surface area contributed by atoms with E-state index in [9.17, 15) is 4.79 Å². The van der Waals surface area contributed by atoms with Crippen LogP contribution >= 0.6 is 34.8 Å². The third kappa shape index (κ3) is 3.27. The van der Waals surface area contributed by atoms with Crippen molar-refractivity contribution in [2.45, 2.75) is 12.8 Å². The number of ketones is 1. The van der Waals surface area contributed by atoms with Crippen LogP contribution in [0.3, 0.4) is 0 Å². The smallest absolute Gasteiger partial charge is 0.166 e. The number of Topliss-reactive ketones (excluding diaryl/α,β-unsaturated/α-hetero) is 1. The van der Waals surface area contributed by atoms with E-state index in [2.05, 4.69) is 0 Å². The number of hydrogen-bond donors (Lipinski definition) is 0. The van der Waals surface area contributed by atoms with Gasteiger partial charge >= 0.3 is 0 Å². The van der Waals surface area contributed by atoms with Crippen molar-refractivity contribution in [1.29, 1.82) is 0 Å². The van der Waals surface area contributed by atoms with Crippen LogP contribution in [0.15, 0.2) is 12.1 Å². The van der Waals surface area contributed by atoms with Gasteiger partial charge in [0.2, 0.25) is 0 Å². The Labute approximate surface area is 109 Å². The molecule has 0 amide bonds. The van der Waals surface area contributed by atoms with Crippen LogP contribution in [0.4, 0.5) is 0 Å². The molecule has 0 radical (unpaired) electrons. The number of halogens is 3. The molecule has 0 bridgehead atoms. The maximum Gasteiger partial charge on any atom is 0.166 e. The van der Waals surface area contributed by atoms with Crippen LogP contribution in [0.1, 0.15) is 23.2 Å². The number of carbonyl (C=O) groups excluding carboxylic acids is 1. The highest BCUT2D eigenvalue weighted by atomic mass is 35.5. The lowest BCUT2D eigenvalue weighted by Crippen LogP contribution is -2.03. The quantitative estimate of drug-likeness (QED) is 0.597. The zero-order valence-electron chi connectivity index (χ0n) is 8.73. The summed E-state index contributed by atoms with van der Waals surface area (Å²) >= 11 is 17.3. The summed E-state index contributed by atoms with van der Waals surface area (Å²) in [5.41, 5.74) is 0.408. The molecule has 0 unspecified atom stereocenters. The van der Waals surface area contributed by atoms with E-state index in [1.807, 2.05) is 0 Å². The van der Waals surface area contributed by atoms with E-state index >= 15 is 0 Å². The molecule has 0 saturated carbocycles. The number of hydrogen-bond acceptors (Lipinski definition) is 2. The number of methoxy groups -OCH3 is 1. The fraction of sp³-hybridized carbons (Fsp3) is 0.364. The van der Waals surface area contributed by atoms with Gasteiger partial charge in [-0.15, -0.1) is 11.6 Å². The number of carbonyl (C=O) groups is 1. The third-order valence-electron chi connectivity index (χ3n) is 2.05. The van der Waals surface area contributed by atoms with Gasteiger partial charge in [0.05, 0.1) is 17.7 Å². The number of ether oxygens (including phenoxy) is 1. The van der Waals surface area contributed by atoms with Crippen molar-refractivity contribution in [3.63, 3.8) is 0 Å². The molecule has 0 saturated heterocycles. The van der Waals surface area contributed by atoms with Crippen LogP contribution in [0.25, 0.3) is 0 Å². The molecule has 0 heterocycles. The Morgan fingerprint density at radius 1 is 1.38 bits per heavy atom. The van der Waals surface area contributed by atoms with Crippen LogP contribution in [0.5, 0.6) is 5.75 Å². The van der Waals surface area contributed by atoms with Gasteiger partial charge in [0.25, 0.3) is 0 Å². The molecule has 0 aromatic heterocycles. The zero-order chi connectivity index (χ0) is 12.1. The van der Waals surface area contributed by atoms with Gasteiger partial charge in [-0.25, -0.2) is 0 Å². The molecule has 5 heteroatoms. The largest absolute Gasteiger partial charge is 0.494 e. The first-order chi connectivity index (χ1) is 7.60. The summed E-state index contributed by atoms with van der Waals surface area (Å²) in [6.45, 7) is 0. The molecule has 0 aliphatic carbocycles. The minimum atomic E-state index is -0.0677. The molecule has 0 N–H and O–H groups in total. The molecular formula is C11H11Cl3O2. The summed E-state index contributed by atoms with van der Waals surface area (Å²) in [6, 6.07) is 3.10. The minimum Gasteiger partial charge on any atom is -0.494 e. The van der Waals surface area contributed by atoms with Gasteiger partial charge in [-0.2, -0.15) is 0 Å². The number of benzene rings is 1. The summed E-state index contributed by atoms with van der Waals surface area (Å²) in [4.78, 5) is 11.8. The maximum absolute atomic E-state index is 11.8. The molecule has 0 aliphatic heterocycles. The van der Waals surface area contributed by atoms with E-state index in [1.54, 1.807) is 12.1 Å². The predicted octanol–water partition coefficient (Wildman–Crippen LogP) is 4.20. The molecule has 16 heavy (non-hydrogen) atoms. The standard InChI is InChI=1S/C11H11Cl3O2/c1-16-11-8(10(15)3-2-4-12)5-7(13)6-9(11)14/h5-6H,2-4H2,1H3. The van der Waals surface area contributed by atoms with E-state index in [4.69, 9.17) is 39.5 Å². The lowest BCUT2D eigenvalue weighted by atomic mass is 10.1. The Morgan fingerprint density at radius 2 is 2.06 bits per heavy atom. The molecule has 1 aromatic rings. The topological polar surface area (TPSA) is 26.3 Å². The molecule has 0 fully saturated rings. The third-order valence-corrected chi connectivity index (χ3v) is 2.82. The highest BCUT2D eigenvalue weighted by Crippen LogP contribution is 2.33. The van der Waals surface area contributed by atoms with Gasteiger partial charge in [-0.1, -0.05) is 23.2 Å². The van der Waals surface area contributed by atoms with Gasteiger partial charge in [-0.05, 0) is 18.6 Å². The van der Waals surface area contributed by atoms with E-state index in [-0.39, 0.29) is 5.78 Å². The second kappa shape index (κ2) is 6.33. The van der Waals surface area contributed by atoms with Crippen molar-refractivity contribution in [2.24, 2.45) is 0 Å². The summed E-state index contributed by atoms with van der Waals surface area (Å²) in [5, 5.41) is 0.754. The molecule has 1 rings (SSSR count). The zero-order valence-corrected chi connectivity index (χ0v) is 11.0. The summed E-state index contributed by atoms with van der Waals surface area (Å²) in [5.74, 6) is 0.745. The van der Waals surface area contributed by atoms with Gasteiger partial charge in [-0.3, -0.25) is 4.79 Å². The first-order valence-corrected chi connectivity index (χ1v) is 6.01. The summed E-state index contributed by atoms with van der Waals surface area (Å²) in [7, 11) is 1.47. The van der Waals surface area contributed by atoms with Gasteiger partial charge in [0.1, 0.15) is 5.75 Å².